The van der Waals surface area contributed by atoms with Gasteiger partial charge in [0.2, 0.25) is 0 Å². The predicted octanol–water partition coefficient (Wildman–Crippen LogP) is 13.2. The van der Waals surface area contributed by atoms with Crippen LogP contribution >= 0.6 is 0 Å². The molecule has 48 heavy (non-hydrogen) atoms. The quantitative estimate of drug-likeness (QED) is 0.179. The highest BCUT2D eigenvalue weighted by molar-refractivity contribution is 6.22. The molecule has 0 aliphatic rings. The van der Waals surface area contributed by atoms with E-state index in [0.717, 1.165) is 0 Å². The predicted molar refractivity (Wildman–Crippen MR) is 202 cm³/mol. The molecule has 0 atom stereocenters. The molecule has 0 aliphatic carbocycles. The van der Waals surface area contributed by atoms with Crippen molar-refractivity contribution in [1.29, 1.82) is 0 Å². The fraction of sp³-hybridized carbons (Fsp3) is 0. The first-order valence-electron chi connectivity index (χ1n) is 29.3. The minimum absolute atomic E-state index is 0.395. The van der Waals surface area contributed by atoms with E-state index < -0.39 is 270 Å². The van der Waals surface area contributed by atoms with E-state index in [0.29, 0.717) is 4.90 Å². The van der Waals surface area contributed by atoms with Crippen LogP contribution in [0.4, 0.5) is 17.1 Å². The van der Waals surface area contributed by atoms with Gasteiger partial charge < -0.3 is 9.32 Å². The van der Waals surface area contributed by atoms with Gasteiger partial charge in [-0.1, -0.05) is 145 Å². The number of benzene rings is 8. The number of fused-ring (bicyclic) bond motifs is 5. The summed E-state index contributed by atoms with van der Waals surface area (Å²) in [5.41, 5.74) is -9.87. The molecule has 1 heterocycles. The molecule has 0 aliphatic heterocycles. The van der Waals surface area contributed by atoms with E-state index >= 15 is 0 Å². The van der Waals surface area contributed by atoms with Gasteiger partial charge in [0, 0.05) is 22.1 Å². The van der Waals surface area contributed by atoms with Crippen molar-refractivity contribution in [2.45, 2.75) is 0 Å². The average molecular weight is 645 g/mol. The Morgan fingerprint density at radius 2 is 0.896 bits per heavy atom. The van der Waals surface area contributed by atoms with E-state index in [1.165, 1.54) is 0 Å². The molecular formula is C46H31NO. The zero-order valence-electron chi connectivity index (χ0n) is 54.9. The van der Waals surface area contributed by atoms with E-state index in [4.69, 9.17) is 35.9 Å². The monoisotopic (exact) mass is 644 g/mol. The molecule has 0 unspecified atom stereocenters. The lowest BCUT2D eigenvalue weighted by atomic mass is 9.95. The Bertz CT molecular complexity index is 4190. The van der Waals surface area contributed by atoms with Crippen molar-refractivity contribution in [2.24, 2.45) is 0 Å². The SMILES string of the molecule is [2H]c1c([2H])c([2H])c(-c2c([2H])c([2H])c(-c3c([2H])c([2H])c(N(c4c([2H])c([2H])c([2H])c([2H])c4[2H])c4c([2H])c([2H])c([2H])c5oc6c7c([2H])c([2H])c([2H])c([2H])c7c(-c7c([2H])c([2H])c([2H])c([2H])c7[2H])c([2H])c6c45)c([2H])c3[2H])c([2H])c2[2H])c([2H])c1[2H]. The second-order valence-corrected chi connectivity index (χ2v) is 9.77. The normalized spacial score (nSPS) is 20.4. The fourth-order valence-electron chi connectivity index (χ4n) is 5.01. The first-order chi connectivity index (χ1) is 36.7. The van der Waals surface area contributed by atoms with Gasteiger partial charge in [-0.15, -0.1) is 0 Å². The lowest BCUT2D eigenvalue weighted by Gasteiger charge is -2.26. The second kappa shape index (κ2) is 11.8. The third kappa shape index (κ3) is 4.83. The van der Waals surface area contributed by atoms with Crippen LogP contribution in [0.2, 0.25) is 0 Å². The maximum absolute atomic E-state index is 9.89. The van der Waals surface area contributed by atoms with Gasteiger partial charge in [-0.05, 0) is 81.1 Å². The summed E-state index contributed by atoms with van der Waals surface area (Å²) >= 11 is 0. The van der Waals surface area contributed by atoms with Gasteiger partial charge in [0.05, 0.1) is 53.6 Å². The van der Waals surface area contributed by atoms with E-state index in [9.17, 15) is 11.0 Å². The fourth-order valence-corrected chi connectivity index (χ4v) is 5.01. The lowest BCUT2D eigenvalue weighted by Crippen LogP contribution is -2.10. The molecule has 9 rings (SSSR count). The Labute approximate surface area is 323 Å². The van der Waals surface area contributed by atoms with Crippen LogP contribution in [0.15, 0.2) is 192 Å². The number of hydrogen-bond acceptors (Lipinski definition) is 2. The summed E-state index contributed by atoms with van der Waals surface area (Å²) in [4.78, 5) is 0.395. The van der Waals surface area contributed by atoms with Crippen LogP contribution in [-0.4, -0.2) is 0 Å². The number of furan rings is 1. The van der Waals surface area contributed by atoms with E-state index in [1.54, 1.807) is 0 Å². The molecule has 8 aromatic carbocycles. The number of anilines is 3. The minimum Gasteiger partial charge on any atom is -0.455 e. The highest BCUT2D eigenvalue weighted by Gasteiger charge is 2.21. The Hall–Kier alpha value is -6.38. The molecule has 2 heteroatoms. The molecule has 0 bridgehead atoms. The number of hydrogen-bond donors (Lipinski definition) is 0. The van der Waals surface area contributed by atoms with Crippen LogP contribution in [0.3, 0.4) is 0 Å². The van der Waals surface area contributed by atoms with Crippen molar-refractivity contribution < 1.29 is 46.9 Å². The molecule has 0 saturated carbocycles. The first kappa shape index (κ1) is 10.6. The molecule has 0 amide bonds. The molecule has 2 nitrogen and oxygen atoms in total. The Morgan fingerprint density at radius 3 is 1.54 bits per heavy atom. The Balaban J connectivity index is 1.51. The summed E-state index contributed by atoms with van der Waals surface area (Å²) in [6.07, 6.45) is 0. The minimum atomic E-state index is -1.29. The van der Waals surface area contributed by atoms with Crippen molar-refractivity contribution >= 4 is 49.8 Å². The molecule has 0 fully saturated rings. The standard InChI is InChI=1S/C46H31NO/c1-4-13-32(14-5-1)33-23-25-34(26-24-33)35-27-29-38(30-28-35)47(37-17-8-3-9-18-37)43-21-12-22-44-45(43)42-31-41(36-15-6-2-7-16-36)39-19-10-11-20-40(39)46(42)48-44/h1-31H/i1D,2D,3D,4D,5D,6D,7D,8D,9D,10D,11D,12D,13D,14D,15D,16D,17D,18D,19D,20D,21D,22D,23D,24D,25D,26D,27D,28D,29D,30D,31D. The van der Waals surface area contributed by atoms with E-state index in [1.807, 2.05) is 0 Å². The van der Waals surface area contributed by atoms with Gasteiger partial charge in [0.15, 0.2) is 0 Å². The van der Waals surface area contributed by atoms with Gasteiger partial charge in [0.1, 0.15) is 11.2 Å². The first-order valence-corrected chi connectivity index (χ1v) is 13.8. The lowest BCUT2D eigenvalue weighted by molar-refractivity contribution is 0.672. The van der Waals surface area contributed by atoms with Crippen LogP contribution in [0.25, 0.3) is 66.1 Å². The highest BCUT2D eigenvalue weighted by Crippen LogP contribution is 2.46. The third-order valence-electron chi connectivity index (χ3n) is 7.06. The summed E-state index contributed by atoms with van der Waals surface area (Å²) in [5.74, 6) is 0. The van der Waals surface area contributed by atoms with E-state index in [2.05, 4.69) is 0 Å². The summed E-state index contributed by atoms with van der Waals surface area (Å²) in [6.45, 7) is 0. The molecule has 0 radical (unpaired) electrons. The number of nitrogens with zero attached hydrogens (tertiary/aromatic N) is 1. The van der Waals surface area contributed by atoms with Gasteiger partial charge >= 0.3 is 0 Å². The smallest absolute Gasteiger partial charge is 0.143 e. The van der Waals surface area contributed by atoms with Gasteiger partial charge in [0.25, 0.3) is 0 Å². The molecule has 0 spiro atoms. The van der Waals surface area contributed by atoms with Crippen LogP contribution in [-0.2, 0) is 0 Å². The number of rotatable bonds is 6. The Kier molecular flexibility index (Phi) is 2.59. The van der Waals surface area contributed by atoms with Crippen molar-refractivity contribution in [2.75, 3.05) is 4.90 Å². The summed E-state index contributed by atoms with van der Waals surface area (Å²) in [6, 6.07) is -32.2. The highest BCUT2D eigenvalue weighted by atomic mass is 16.3. The summed E-state index contributed by atoms with van der Waals surface area (Å²) < 4.78 is 282. The van der Waals surface area contributed by atoms with Gasteiger partial charge in [-0.25, -0.2) is 0 Å². The van der Waals surface area contributed by atoms with Crippen molar-refractivity contribution in [3.63, 3.8) is 0 Å². The van der Waals surface area contributed by atoms with E-state index in [-0.39, 0.29) is 0 Å². The zero-order chi connectivity index (χ0) is 58.8. The van der Waals surface area contributed by atoms with Gasteiger partial charge in [-0.3, -0.25) is 0 Å². The van der Waals surface area contributed by atoms with Crippen molar-refractivity contribution in [1.82, 2.24) is 0 Å². The van der Waals surface area contributed by atoms with Crippen LogP contribution in [0.5, 0.6) is 0 Å². The summed E-state index contributed by atoms with van der Waals surface area (Å²) in [5, 5.41) is -2.83. The molecule has 226 valence electrons. The molecule has 0 saturated heterocycles. The maximum Gasteiger partial charge on any atom is 0.143 e. The summed E-state index contributed by atoms with van der Waals surface area (Å²) in [7, 11) is 0. The molecule has 1 aromatic heterocycles. The van der Waals surface area contributed by atoms with Crippen molar-refractivity contribution in [3.8, 4) is 33.4 Å². The van der Waals surface area contributed by atoms with Crippen LogP contribution in [0, 0.1) is 0 Å². The molecule has 0 N–H and O–H groups in total. The maximum atomic E-state index is 9.89. The second-order valence-electron chi connectivity index (χ2n) is 9.77. The molecule has 9 aromatic rings. The number of para-hydroxylation sites is 1. The molecular weight excluding hydrogens is 583 g/mol. The third-order valence-corrected chi connectivity index (χ3v) is 7.06. The largest absolute Gasteiger partial charge is 0.455 e. The average Bonchev–Trinajstić information content (AvgIpc) is 3.32. The van der Waals surface area contributed by atoms with Gasteiger partial charge in [-0.2, -0.15) is 0 Å². The van der Waals surface area contributed by atoms with Crippen molar-refractivity contribution in [3.05, 3.63) is 187 Å². The topological polar surface area (TPSA) is 16.4 Å². The zero-order valence-corrected chi connectivity index (χ0v) is 23.9. The van der Waals surface area contributed by atoms with Crippen LogP contribution < -0.4 is 4.90 Å². The van der Waals surface area contributed by atoms with Crippen LogP contribution in [0.1, 0.15) is 42.5 Å². The Morgan fingerprint density at radius 1 is 0.396 bits per heavy atom.